The van der Waals surface area contributed by atoms with E-state index in [2.05, 4.69) is 6.92 Å². The number of aliphatic hydroxyl groups excluding tert-OH is 1. The van der Waals surface area contributed by atoms with E-state index in [0.29, 0.717) is 6.61 Å². The van der Waals surface area contributed by atoms with Crippen molar-refractivity contribution in [2.45, 2.75) is 45.4 Å². The minimum Gasteiger partial charge on any atom is -0.494 e. The zero-order valence-corrected chi connectivity index (χ0v) is 11.9. The second-order valence-electron chi connectivity index (χ2n) is 4.66. The summed E-state index contributed by atoms with van der Waals surface area (Å²) in [6, 6.07) is 7.82. The van der Waals surface area contributed by atoms with Crippen molar-refractivity contribution >= 4 is 0 Å². The van der Waals surface area contributed by atoms with Crippen molar-refractivity contribution in [3.05, 3.63) is 24.3 Å². The van der Waals surface area contributed by atoms with Gasteiger partial charge in [0.1, 0.15) is 11.5 Å². The summed E-state index contributed by atoms with van der Waals surface area (Å²) < 4.78 is 11.2. The van der Waals surface area contributed by atoms with Gasteiger partial charge in [-0.05, 0) is 49.9 Å². The van der Waals surface area contributed by atoms with Crippen LogP contribution in [-0.2, 0) is 0 Å². The molecule has 0 amide bonds. The van der Waals surface area contributed by atoms with Crippen molar-refractivity contribution in [3.8, 4) is 11.5 Å². The molecule has 0 radical (unpaired) electrons. The van der Waals surface area contributed by atoms with Crippen LogP contribution in [0.25, 0.3) is 0 Å². The number of unbranched alkanes of at least 4 members (excludes halogenated alkanes) is 4. The number of benzene rings is 1. The summed E-state index contributed by atoms with van der Waals surface area (Å²) in [6.45, 7) is 3.96. The molecule has 1 aromatic rings. The molecule has 0 aliphatic rings. The first-order chi connectivity index (χ1) is 9.36. The van der Waals surface area contributed by atoms with Crippen molar-refractivity contribution in [3.63, 3.8) is 0 Å². The molecule has 0 unspecified atom stereocenters. The van der Waals surface area contributed by atoms with Crippen LogP contribution in [0.1, 0.15) is 45.4 Å². The van der Waals surface area contributed by atoms with E-state index in [9.17, 15) is 0 Å². The van der Waals surface area contributed by atoms with Gasteiger partial charge >= 0.3 is 0 Å². The zero-order chi connectivity index (χ0) is 13.8. The molecule has 1 rings (SSSR count). The van der Waals surface area contributed by atoms with Crippen molar-refractivity contribution in [1.82, 2.24) is 0 Å². The van der Waals surface area contributed by atoms with Crippen LogP contribution in [-0.4, -0.2) is 24.9 Å². The van der Waals surface area contributed by atoms with E-state index >= 15 is 0 Å². The molecule has 0 aliphatic carbocycles. The van der Waals surface area contributed by atoms with Crippen LogP contribution in [0.2, 0.25) is 0 Å². The minimum absolute atomic E-state index is 0.292. The van der Waals surface area contributed by atoms with Crippen molar-refractivity contribution in [2.75, 3.05) is 19.8 Å². The highest BCUT2D eigenvalue weighted by Crippen LogP contribution is 2.18. The zero-order valence-electron chi connectivity index (χ0n) is 11.9. The van der Waals surface area contributed by atoms with Gasteiger partial charge in [0.05, 0.1) is 13.2 Å². The van der Waals surface area contributed by atoms with Gasteiger partial charge in [-0.25, -0.2) is 0 Å². The molecule has 0 atom stereocenters. The smallest absolute Gasteiger partial charge is 0.119 e. The molecular weight excluding hydrogens is 240 g/mol. The Bertz CT molecular complexity index is 308. The fourth-order valence-electron chi connectivity index (χ4n) is 1.72. The van der Waals surface area contributed by atoms with E-state index < -0.39 is 0 Å². The maximum atomic E-state index is 8.66. The maximum Gasteiger partial charge on any atom is 0.119 e. The molecule has 1 N–H and O–H groups in total. The Morgan fingerprint density at radius 2 is 1.32 bits per heavy atom. The number of rotatable bonds is 11. The van der Waals surface area contributed by atoms with E-state index in [-0.39, 0.29) is 0 Å². The van der Waals surface area contributed by atoms with Gasteiger partial charge in [0.25, 0.3) is 0 Å². The van der Waals surface area contributed by atoms with E-state index in [0.717, 1.165) is 63.2 Å². The third kappa shape index (κ3) is 7.73. The van der Waals surface area contributed by atoms with Crippen molar-refractivity contribution < 1.29 is 14.6 Å². The van der Waals surface area contributed by atoms with Crippen molar-refractivity contribution in [2.24, 2.45) is 0 Å². The number of aliphatic hydroxyl groups is 1. The molecule has 1 aromatic carbocycles. The van der Waals surface area contributed by atoms with Crippen LogP contribution in [0.4, 0.5) is 0 Å². The molecule has 19 heavy (non-hydrogen) atoms. The lowest BCUT2D eigenvalue weighted by molar-refractivity contribution is 0.273. The average molecular weight is 266 g/mol. The standard InChI is InChI=1S/C16H26O3/c1-2-3-13-18-15-8-10-16(11-9-15)19-14-7-5-4-6-12-17/h8-11,17H,2-7,12-14H2,1H3. The molecule has 108 valence electrons. The number of hydrogen-bond acceptors (Lipinski definition) is 3. The van der Waals surface area contributed by atoms with Crippen LogP contribution < -0.4 is 9.47 Å². The second-order valence-corrected chi connectivity index (χ2v) is 4.66. The first-order valence-electron chi connectivity index (χ1n) is 7.33. The van der Waals surface area contributed by atoms with E-state index in [1.165, 1.54) is 0 Å². The highest BCUT2D eigenvalue weighted by atomic mass is 16.5. The molecular formula is C16H26O3. The number of hydrogen-bond donors (Lipinski definition) is 1. The Kier molecular flexibility index (Phi) is 8.90. The van der Waals surface area contributed by atoms with Crippen LogP contribution in [0.3, 0.4) is 0 Å². The molecule has 0 saturated heterocycles. The predicted octanol–water partition coefficient (Wildman–Crippen LogP) is 3.80. The Balaban J connectivity index is 2.13. The quantitative estimate of drug-likeness (QED) is 0.619. The predicted molar refractivity (Wildman–Crippen MR) is 77.9 cm³/mol. The van der Waals surface area contributed by atoms with Gasteiger partial charge in [-0.3, -0.25) is 0 Å². The molecule has 0 bridgehead atoms. The Labute approximate surface area is 116 Å². The maximum absolute atomic E-state index is 8.66. The van der Waals surface area contributed by atoms with E-state index in [1.807, 2.05) is 24.3 Å². The lowest BCUT2D eigenvalue weighted by Crippen LogP contribution is -1.99. The van der Waals surface area contributed by atoms with Gasteiger partial charge in [0.2, 0.25) is 0 Å². The third-order valence-electron chi connectivity index (χ3n) is 2.91. The van der Waals surface area contributed by atoms with Gasteiger partial charge in [0.15, 0.2) is 0 Å². The summed E-state index contributed by atoms with van der Waals surface area (Å²) in [5.41, 5.74) is 0. The molecule has 0 aromatic heterocycles. The fraction of sp³-hybridized carbons (Fsp3) is 0.625. The summed E-state index contributed by atoms with van der Waals surface area (Å²) in [5.74, 6) is 1.80. The number of ether oxygens (including phenoxy) is 2. The first-order valence-corrected chi connectivity index (χ1v) is 7.33. The average Bonchev–Trinajstić information content (AvgIpc) is 2.44. The normalized spacial score (nSPS) is 10.4. The van der Waals surface area contributed by atoms with Gasteiger partial charge in [-0.15, -0.1) is 0 Å². The summed E-state index contributed by atoms with van der Waals surface area (Å²) in [6.07, 6.45) is 6.35. The van der Waals surface area contributed by atoms with Gasteiger partial charge in [0, 0.05) is 6.61 Å². The molecule has 0 fully saturated rings. The Hall–Kier alpha value is -1.22. The third-order valence-corrected chi connectivity index (χ3v) is 2.91. The lowest BCUT2D eigenvalue weighted by atomic mass is 10.2. The summed E-state index contributed by atoms with van der Waals surface area (Å²) in [4.78, 5) is 0. The van der Waals surface area contributed by atoms with Crippen LogP contribution >= 0.6 is 0 Å². The van der Waals surface area contributed by atoms with Crippen LogP contribution in [0.5, 0.6) is 11.5 Å². The van der Waals surface area contributed by atoms with Gasteiger partial charge in [-0.2, -0.15) is 0 Å². The summed E-state index contributed by atoms with van der Waals surface area (Å²) in [7, 11) is 0. The monoisotopic (exact) mass is 266 g/mol. The molecule has 0 saturated carbocycles. The van der Waals surface area contributed by atoms with Gasteiger partial charge < -0.3 is 14.6 Å². The van der Waals surface area contributed by atoms with Crippen LogP contribution in [0.15, 0.2) is 24.3 Å². The Morgan fingerprint density at radius 3 is 1.84 bits per heavy atom. The second kappa shape index (κ2) is 10.7. The van der Waals surface area contributed by atoms with E-state index in [4.69, 9.17) is 14.6 Å². The van der Waals surface area contributed by atoms with Crippen molar-refractivity contribution in [1.29, 1.82) is 0 Å². The molecule has 3 nitrogen and oxygen atoms in total. The summed E-state index contributed by atoms with van der Waals surface area (Å²) in [5, 5.41) is 8.66. The molecule has 0 spiro atoms. The topological polar surface area (TPSA) is 38.7 Å². The molecule has 0 aliphatic heterocycles. The van der Waals surface area contributed by atoms with Gasteiger partial charge in [-0.1, -0.05) is 19.8 Å². The molecule has 3 heteroatoms. The largest absolute Gasteiger partial charge is 0.494 e. The lowest BCUT2D eigenvalue weighted by Gasteiger charge is -2.08. The Morgan fingerprint density at radius 1 is 0.789 bits per heavy atom. The summed E-state index contributed by atoms with van der Waals surface area (Å²) >= 11 is 0. The molecule has 0 heterocycles. The van der Waals surface area contributed by atoms with Crippen LogP contribution in [0, 0.1) is 0 Å². The minimum atomic E-state index is 0.292. The SMILES string of the molecule is CCCCOc1ccc(OCCCCCCO)cc1. The highest BCUT2D eigenvalue weighted by molar-refractivity contribution is 5.31. The van der Waals surface area contributed by atoms with E-state index in [1.54, 1.807) is 0 Å². The fourth-order valence-corrected chi connectivity index (χ4v) is 1.72. The highest BCUT2D eigenvalue weighted by Gasteiger charge is 1.97. The first kappa shape index (κ1) is 15.8.